The Morgan fingerprint density at radius 1 is 1.47 bits per heavy atom. The molecule has 0 aliphatic carbocycles. The highest BCUT2D eigenvalue weighted by Gasteiger charge is 2.28. The van der Waals surface area contributed by atoms with E-state index in [1.807, 2.05) is 20.8 Å². The molecule has 1 heterocycles. The average molecular weight is 267 g/mol. The summed E-state index contributed by atoms with van der Waals surface area (Å²) >= 11 is 0. The van der Waals surface area contributed by atoms with Gasteiger partial charge in [-0.2, -0.15) is 5.10 Å². The highest BCUT2D eigenvalue weighted by atomic mass is 16.4. The van der Waals surface area contributed by atoms with Gasteiger partial charge in [-0.05, 0) is 34.6 Å². The van der Waals surface area contributed by atoms with Gasteiger partial charge in [0, 0.05) is 18.3 Å². The molecule has 0 aliphatic rings. The number of carboxylic acid groups (broad SMARTS) is 1. The van der Waals surface area contributed by atoms with Crippen LogP contribution in [0, 0.1) is 12.3 Å². The number of aliphatic carboxylic acids is 1. The minimum atomic E-state index is -0.988. The molecule has 1 rings (SSSR count). The maximum Gasteiger partial charge on any atom is 0.310 e. The molecule has 2 N–H and O–H groups in total. The molecule has 0 spiro atoms. The standard InChI is InChI=1S/C13H21N3O3/c1-8(2)16-9(3)10(6-15-16)11(17)14-7-13(4,5)12(18)19/h6,8H,7H2,1-5H3,(H,14,17)(H,18,19). The maximum absolute atomic E-state index is 12.0. The molecule has 0 bridgehead atoms. The van der Waals surface area contributed by atoms with Crippen molar-refractivity contribution in [1.82, 2.24) is 15.1 Å². The Hall–Kier alpha value is -1.85. The van der Waals surface area contributed by atoms with Gasteiger partial charge >= 0.3 is 5.97 Å². The quantitative estimate of drug-likeness (QED) is 0.849. The predicted molar refractivity (Wildman–Crippen MR) is 71.1 cm³/mol. The third-order valence-electron chi connectivity index (χ3n) is 3.05. The molecule has 1 amide bonds. The van der Waals surface area contributed by atoms with E-state index in [2.05, 4.69) is 10.4 Å². The van der Waals surface area contributed by atoms with Crippen LogP contribution in [0.2, 0.25) is 0 Å². The van der Waals surface area contributed by atoms with Gasteiger partial charge in [-0.1, -0.05) is 0 Å². The molecule has 0 aliphatic heterocycles. The number of hydrogen-bond donors (Lipinski definition) is 2. The van der Waals surface area contributed by atoms with Crippen LogP contribution in [0.15, 0.2) is 6.20 Å². The second kappa shape index (κ2) is 5.42. The minimum Gasteiger partial charge on any atom is -0.481 e. The number of carboxylic acids is 1. The van der Waals surface area contributed by atoms with Gasteiger partial charge in [0.1, 0.15) is 0 Å². The summed E-state index contributed by atoms with van der Waals surface area (Å²) in [5.74, 6) is -1.24. The molecule has 106 valence electrons. The van der Waals surface area contributed by atoms with E-state index >= 15 is 0 Å². The number of carbonyl (C=O) groups is 2. The number of nitrogens with one attached hydrogen (secondary N) is 1. The molecule has 19 heavy (non-hydrogen) atoms. The van der Waals surface area contributed by atoms with E-state index in [9.17, 15) is 9.59 Å². The van der Waals surface area contributed by atoms with E-state index in [0.717, 1.165) is 5.69 Å². The smallest absolute Gasteiger partial charge is 0.310 e. The third kappa shape index (κ3) is 3.33. The normalized spacial score (nSPS) is 11.7. The van der Waals surface area contributed by atoms with E-state index in [4.69, 9.17) is 5.11 Å². The van der Waals surface area contributed by atoms with Crippen LogP contribution >= 0.6 is 0 Å². The lowest BCUT2D eigenvalue weighted by molar-refractivity contribution is -0.146. The zero-order chi connectivity index (χ0) is 14.8. The van der Waals surface area contributed by atoms with Gasteiger partial charge in [0.05, 0.1) is 17.2 Å². The van der Waals surface area contributed by atoms with Crippen LogP contribution in [-0.4, -0.2) is 33.3 Å². The molecule has 0 saturated carbocycles. The van der Waals surface area contributed by atoms with E-state index in [1.54, 1.807) is 18.5 Å². The summed E-state index contributed by atoms with van der Waals surface area (Å²) in [6.45, 7) is 9.00. The highest BCUT2D eigenvalue weighted by Crippen LogP contribution is 2.15. The zero-order valence-corrected chi connectivity index (χ0v) is 12.0. The summed E-state index contributed by atoms with van der Waals surface area (Å²) in [5.41, 5.74) is 0.271. The van der Waals surface area contributed by atoms with Crippen LogP contribution < -0.4 is 5.32 Å². The lowest BCUT2D eigenvalue weighted by atomic mass is 9.94. The average Bonchev–Trinajstić information content (AvgIpc) is 2.68. The summed E-state index contributed by atoms with van der Waals surface area (Å²) < 4.78 is 1.76. The number of aromatic nitrogens is 2. The van der Waals surface area contributed by atoms with E-state index in [0.29, 0.717) is 5.56 Å². The van der Waals surface area contributed by atoms with E-state index < -0.39 is 11.4 Å². The monoisotopic (exact) mass is 267 g/mol. The topological polar surface area (TPSA) is 84.2 Å². The first-order valence-corrected chi connectivity index (χ1v) is 6.22. The number of rotatable bonds is 5. The van der Waals surface area contributed by atoms with Crippen LogP contribution in [0.25, 0.3) is 0 Å². The van der Waals surface area contributed by atoms with Crippen molar-refractivity contribution in [3.05, 3.63) is 17.5 Å². The van der Waals surface area contributed by atoms with Crippen molar-refractivity contribution in [2.75, 3.05) is 6.54 Å². The van der Waals surface area contributed by atoms with Gasteiger partial charge in [0.25, 0.3) is 5.91 Å². The van der Waals surface area contributed by atoms with Crippen molar-refractivity contribution in [2.45, 2.75) is 40.7 Å². The second-order valence-corrected chi connectivity index (χ2v) is 5.55. The number of hydrogen-bond acceptors (Lipinski definition) is 3. The number of nitrogens with zero attached hydrogens (tertiary/aromatic N) is 2. The van der Waals surface area contributed by atoms with Crippen LogP contribution in [-0.2, 0) is 4.79 Å². The maximum atomic E-state index is 12.0. The van der Waals surface area contributed by atoms with Crippen LogP contribution in [0.5, 0.6) is 0 Å². The lowest BCUT2D eigenvalue weighted by Crippen LogP contribution is -2.39. The molecule has 0 saturated heterocycles. The fourth-order valence-corrected chi connectivity index (χ4v) is 1.64. The molecule has 0 fully saturated rings. The summed E-state index contributed by atoms with van der Waals surface area (Å²) in [6.07, 6.45) is 1.51. The first-order chi connectivity index (χ1) is 8.66. The molecule has 6 nitrogen and oxygen atoms in total. The van der Waals surface area contributed by atoms with Gasteiger partial charge in [-0.25, -0.2) is 0 Å². The molecule has 0 unspecified atom stereocenters. The summed E-state index contributed by atoms with van der Waals surface area (Å²) in [7, 11) is 0. The van der Waals surface area contributed by atoms with Gasteiger partial charge in [-0.15, -0.1) is 0 Å². The molecular weight excluding hydrogens is 246 g/mol. The van der Waals surface area contributed by atoms with Crippen molar-refractivity contribution in [3.63, 3.8) is 0 Å². The third-order valence-corrected chi connectivity index (χ3v) is 3.05. The van der Waals surface area contributed by atoms with Crippen molar-refractivity contribution in [2.24, 2.45) is 5.41 Å². The van der Waals surface area contributed by atoms with Crippen molar-refractivity contribution < 1.29 is 14.7 Å². The molecule has 6 heteroatoms. The fraction of sp³-hybridized carbons (Fsp3) is 0.615. The first kappa shape index (κ1) is 15.2. The van der Waals surface area contributed by atoms with Crippen molar-refractivity contribution in [1.29, 1.82) is 0 Å². The first-order valence-electron chi connectivity index (χ1n) is 6.22. The predicted octanol–water partition coefficient (Wildman–Crippen LogP) is 1.61. The molecule has 0 aromatic carbocycles. The Morgan fingerprint density at radius 2 is 2.05 bits per heavy atom. The molecule has 1 aromatic heterocycles. The van der Waals surface area contributed by atoms with Crippen LogP contribution in [0.4, 0.5) is 0 Å². The van der Waals surface area contributed by atoms with Gasteiger partial charge in [0.15, 0.2) is 0 Å². The zero-order valence-electron chi connectivity index (χ0n) is 12.0. The van der Waals surface area contributed by atoms with Crippen molar-refractivity contribution in [3.8, 4) is 0 Å². The molecule has 0 radical (unpaired) electrons. The Kier molecular flexibility index (Phi) is 4.34. The Bertz CT molecular complexity index is 489. The lowest BCUT2D eigenvalue weighted by Gasteiger charge is -2.19. The minimum absolute atomic E-state index is 0.0769. The van der Waals surface area contributed by atoms with Gasteiger partial charge in [0.2, 0.25) is 0 Å². The largest absolute Gasteiger partial charge is 0.481 e. The highest BCUT2D eigenvalue weighted by molar-refractivity contribution is 5.95. The number of amides is 1. The Balaban J connectivity index is 2.78. The van der Waals surface area contributed by atoms with Crippen LogP contribution in [0.1, 0.15) is 49.8 Å². The Morgan fingerprint density at radius 3 is 2.47 bits per heavy atom. The SMILES string of the molecule is Cc1c(C(=O)NCC(C)(C)C(=O)O)cnn1C(C)C. The second-order valence-electron chi connectivity index (χ2n) is 5.55. The van der Waals surface area contributed by atoms with Gasteiger partial charge in [-0.3, -0.25) is 14.3 Å². The van der Waals surface area contributed by atoms with Crippen molar-refractivity contribution >= 4 is 11.9 Å². The molecule has 1 aromatic rings. The fourth-order valence-electron chi connectivity index (χ4n) is 1.64. The molecule has 0 atom stereocenters. The van der Waals surface area contributed by atoms with Gasteiger partial charge < -0.3 is 10.4 Å². The van der Waals surface area contributed by atoms with E-state index in [-0.39, 0.29) is 18.5 Å². The van der Waals surface area contributed by atoms with Crippen LogP contribution in [0.3, 0.4) is 0 Å². The summed E-state index contributed by atoms with van der Waals surface area (Å²) in [6, 6.07) is 0.178. The molecular formula is C13H21N3O3. The number of carbonyl (C=O) groups excluding carboxylic acids is 1. The Labute approximate surface area is 112 Å². The summed E-state index contributed by atoms with van der Waals surface area (Å²) in [4.78, 5) is 23.0. The summed E-state index contributed by atoms with van der Waals surface area (Å²) in [5, 5.41) is 15.8. The van der Waals surface area contributed by atoms with E-state index in [1.165, 1.54) is 6.20 Å².